The van der Waals surface area contributed by atoms with Crippen molar-refractivity contribution in [2.45, 2.75) is 18.2 Å². The molecule has 0 spiro atoms. The molecule has 0 saturated heterocycles. The van der Waals surface area contributed by atoms with Crippen LogP contribution in [0.15, 0.2) is 59.0 Å². The van der Waals surface area contributed by atoms with Gasteiger partial charge in [0.15, 0.2) is 0 Å². The molecule has 1 aliphatic rings. The molecule has 2 aromatic rings. The van der Waals surface area contributed by atoms with E-state index in [4.69, 9.17) is 4.74 Å². The Morgan fingerprint density at radius 3 is 2.47 bits per heavy atom. The Morgan fingerprint density at radius 2 is 1.87 bits per heavy atom. The maximum atomic E-state index is 13.1. The maximum absolute atomic E-state index is 13.1. The molecule has 0 fully saturated rings. The minimum Gasteiger partial charge on any atom is -0.497 e. The largest absolute Gasteiger partial charge is 0.497 e. The molecule has 9 heteroatoms. The quantitative estimate of drug-likeness (QED) is 0.656. The second-order valence-corrected chi connectivity index (χ2v) is 9.17. The van der Waals surface area contributed by atoms with Crippen molar-refractivity contribution in [2.75, 3.05) is 25.2 Å². The highest BCUT2D eigenvalue weighted by Crippen LogP contribution is 2.37. The Morgan fingerprint density at radius 1 is 1.17 bits per heavy atom. The summed E-state index contributed by atoms with van der Waals surface area (Å²) in [5.41, 5.74) is 1.09. The second kappa shape index (κ2) is 8.93. The second-order valence-electron chi connectivity index (χ2n) is 6.49. The Balaban J connectivity index is 1.86. The highest BCUT2D eigenvalue weighted by Gasteiger charge is 2.44. The van der Waals surface area contributed by atoms with Crippen molar-refractivity contribution in [3.63, 3.8) is 0 Å². The fourth-order valence-corrected chi connectivity index (χ4v) is 5.46. The Kier molecular flexibility index (Phi) is 6.52. The molecule has 158 valence electrons. The van der Waals surface area contributed by atoms with Crippen molar-refractivity contribution in [3.8, 4) is 5.75 Å². The predicted molar refractivity (Wildman–Crippen MR) is 118 cm³/mol. The van der Waals surface area contributed by atoms with Gasteiger partial charge >= 0.3 is 0 Å². The Labute approximate surface area is 180 Å². The first-order valence-corrected chi connectivity index (χ1v) is 11.9. The topological polar surface area (TPSA) is 92.8 Å². The number of carbonyl (C=O) groups excluding carboxylic acids is 2. The smallest absolute Gasteiger partial charge is 0.268 e. The normalized spacial score (nSPS) is 15.4. The molecule has 2 amide bonds. The number of sulfonamides is 1. The van der Waals surface area contributed by atoms with Crippen molar-refractivity contribution in [1.82, 2.24) is 4.31 Å². The lowest BCUT2D eigenvalue weighted by atomic mass is 10.1. The van der Waals surface area contributed by atoms with Gasteiger partial charge in [-0.3, -0.25) is 9.59 Å². The fourth-order valence-electron chi connectivity index (χ4n) is 3.19. The molecular formula is C21H22N2O5S2. The van der Waals surface area contributed by atoms with Gasteiger partial charge in [-0.1, -0.05) is 13.0 Å². The van der Waals surface area contributed by atoms with Crippen LogP contribution in [0.5, 0.6) is 5.75 Å². The lowest BCUT2D eigenvalue weighted by molar-refractivity contribution is -0.126. The van der Waals surface area contributed by atoms with Gasteiger partial charge in [0.05, 0.1) is 7.11 Å². The van der Waals surface area contributed by atoms with Crippen LogP contribution in [0.3, 0.4) is 0 Å². The summed E-state index contributed by atoms with van der Waals surface area (Å²) in [6.45, 7) is 1.12. The molecule has 0 atom stereocenters. The summed E-state index contributed by atoms with van der Waals surface area (Å²) in [6, 6.07) is 13.6. The molecular weight excluding hydrogens is 424 g/mol. The van der Waals surface area contributed by atoms with E-state index in [0.29, 0.717) is 21.3 Å². The third-order valence-electron chi connectivity index (χ3n) is 4.65. The van der Waals surface area contributed by atoms with E-state index < -0.39 is 28.4 Å². The number of methoxy groups -OCH3 is 1. The van der Waals surface area contributed by atoms with E-state index in [9.17, 15) is 18.0 Å². The number of ether oxygens (including phenoxy) is 1. The summed E-state index contributed by atoms with van der Waals surface area (Å²) in [7, 11) is -2.64. The van der Waals surface area contributed by atoms with Gasteiger partial charge in [-0.25, -0.2) is 12.7 Å². The zero-order chi connectivity index (χ0) is 21.9. The van der Waals surface area contributed by atoms with Crippen LogP contribution >= 0.6 is 11.8 Å². The molecule has 1 aliphatic heterocycles. The van der Waals surface area contributed by atoms with Crippen LogP contribution in [0, 0.1) is 0 Å². The number of amides is 2. The maximum Gasteiger partial charge on any atom is 0.268 e. The van der Waals surface area contributed by atoms with Crippen molar-refractivity contribution in [3.05, 3.63) is 59.7 Å². The highest BCUT2D eigenvalue weighted by molar-refractivity contribution is 7.99. The molecule has 3 rings (SSSR count). The number of nitrogens with zero attached hydrogens (tertiary/aromatic N) is 1. The molecule has 7 nitrogen and oxygen atoms in total. The minimum absolute atomic E-state index is 0.0603. The van der Waals surface area contributed by atoms with Crippen molar-refractivity contribution >= 4 is 44.2 Å². The molecule has 30 heavy (non-hydrogen) atoms. The first-order valence-electron chi connectivity index (χ1n) is 9.20. The SMILES string of the molecule is CCC1=C(c2ccc(OC)cc2)S(=O)(=O)N(CC(=O)Nc2cccc(SC)c2)C1=O. The van der Waals surface area contributed by atoms with Crippen molar-refractivity contribution in [1.29, 1.82) is 0 Å². The van der Waals surface area contributed by atoms with Gasteiger partial charge in [-0.15, -0.1) is 11.8 Å². The third kappa shape index (κ3) is 4.22. The number of carbonyl (C=O) groups is 2. The van der Waals surface area contributed by atoms with E-state index in [1.165, 1.54) is 18.9 Å². The van der Waals surface area contributed by atoms with Crippen LogP contribution in [-0.2, 0) is 19.6 Å². The summed E-state index contributed by atoms with van der Waals surface area (Å²) in [6.07, 6.45) is 2.14. The fraction of sp³-hybridized carbons (Fsp3) is 0.238. The molecule has 0 radical (unpaired) electrons. The van der Waals surface area contributed by atoms with E-state index in [1.54, 1.807) is 49.4 Å². The highest BCUT2D eigenvalue weighted by atomic mass is 32.2. The van der Waals surface area contributed by atoms with Crippen LogP contribution in [0.2, 0.25) is 0 Å². The van der Waals surface area contributed by atoms with Gasteiger partial charge in [0.1, 0.15) is 17.2 Å². The third-order valence-corrected chi connectivity index (χ3v) is 7.25. The van der Waals surface area contributed by atoms with E-state index in [2.05, 4.69) is 5.32 Å². The number of anilines is 1. The summed E-state index contributed by atoms with van der Waals surface area (Å²) >= 11 is 1.52. The van der Waals surface area contributed by atoms with Gasteiger partial charge in [0.25, 0.3) is 15.9 Å². The van der Waals surface area contributed by atoms with Gasteiger partial charge in [0, 0.05) is 16.2 Å². The molecule has 0 unspecified atom stereocenters. The molecule has 0 aromatic heterocycles. The Bertz CT molecular complexity index is 1110. The first-order chi connectivity index (χ1) is 14.3. The number of benzene rings is 2. The molecule has 0 saturated carbocycles. The number of hydrogen-bond donors (Lipinski definition) is 1. The van der Waals surface area contributed by atoms with E-state index >= 15 is 0 Å². The van der Waals surface area contributed by atoms with Crippen LogP contribution in [0.4, 0.5) is 5.69 Å². The zero-order valence-electron chi connectivity index (χ0n) is 16.8. The van der Waals surface area contributed by atoms with Crippen molar-refractivity contribution < 1.29 is 22.7 Å². The molecule has 1 heterocycles. The van der Waals surface area contributed by atoms with Crippen molar-refractivity contribution in [2.24, 2.45) is 0 Å². The lowest BCUT2D eigenvalue weighted by Gasteiger charge is -2.16. The first kappa shape index (κ1) is 21.9. The molecule has 2 aromatic carbocycles. The van der Waals surface area contributed by atoms with Gasteiger partial charge < -0.3 is 10.1 Å². The Hall–Kier alpha value is -2.78. The average Bonchev–Trinajstić information content (AvgIpc) is 2.93. The molecule has 0 bridgehead atoms. The van der Waals surface area contributed by atoms with Gasteiger partial charge in [0.2, 0.25) is 5.91 Å². The lowest BCUT2D eigenvalue weighted by Crippen LogP contribution is -2.38. The van der Waals surface area contributed by atoms with Crippen LogP contribution in [-0.4, -0.2) is 44.4 Å². The summed E-state index contributed by atoms with van der Waals surface area (Å²) < 4.78 is 32.0. The molecule has 0 aliphatic carbocycles. The number of thioether (sulfide) groups is 1. The van der Waals surface area contributed by atoms with Crippen LogP contribution in [0.1, 0.15) is 18.9 Å². The van der Waals surface area contributed by atoms with Gasteiger partial charge in [-0.2, -0.15) is 0 Å². The average molecular weight is 447 g/mol. The number of hydrogen-bond acceptors (Lipinski definition) is 6. The summed E-state index contributed by atoms with van der Waals surface area (Å²) in [5.74, 6) is -0.684. The number of rotatable bonds is 7. The van der Waals surface area contributed by atoms with Crippen LogP contribution < -0.4 is 10.1 Å². The minimum atomic E-state index is -4.15. The standard InChI is InChI=1S/C21H22N2O5S2/c1-4-18-20(14-8-10-16(28-2)11-9-14)30(26,27)23(21(18)25)13-19(24)22-15-6-5-7-17(12-15)29-3/h5-12H,4,13H2,1-3H3,(H,22,24). The zero-order valence-corrected chi connectivity index (χ0v) is 18.5. The monoisotopic (exact) mass is 446 g/mol. The molecule has 1 N–H and O–H groups in total. The predicted octanol–water partition coefficient (Wildman–Crippen LogP) is 3.35. The van der Waals surface area contributed by atoms with E-state index in [1.807, 2.05) is 12.3 Å². The van der Waals surface area contributed by atoms with E-state index in [0.717, 1.165) is 4.90 Å². The van der Waals surface area contributed by atoms with Gasteiger partial charge in [-0.05, 0) is 60.7 Å². The summed E-state index contributed by atoms with van der Waals surface area (Å²) in [4.78, 5) is 26.2. The van der Waals surface area contributed by atoms with Crippen LogP contribution in [0.25, 0.3) is 4.91 Å². The summed E-state index contributed by atoms with van der Waals surface area (Å²) in [5, 5.41) is 2.66. The van der Waals surface area contributed by atoms with E-state index in [-0.39, 0.29) is 16.9 Å². The number of nitrogens with one attached hydrogen (secondary N) is 1.